The first-order chi connectivity index (χ1) is 13.1. The van der Waals surface area contributed by atoms with Crippen LogP contribution in [0.1, 0.15) is 17.0 Å². The lowest BCUT2D eigenvalue weighted by Crippen LogP contribution is -1.99. The Balaban J connectivity index is 1.51. The molecule has 0 radical (unpaired) electrons. The minimum Gasteiger partial charge on any atom is -0.420 e. The molecule has 0 amide bonds. The lowest BCUT2D eigenvalue weighted by atomic mass is 10.1. The molecule has 0 saturated carbocycles. The van der Waals surface area contributed by atoms with Crippen molar-refractivity contribution in [2.45, 2.75) is 24.8 Å². The summed E-state index contributed by atoms with van der Waals surface area (Å²) in [7, 11) is 0. The second kappa shape index (κ2) is 7.58. The quantitative estimate of drug-likeness (QED) is 0.418. The van der Waals surface area contributed by atoms with E-state index in [1.54, 1.807) is 30.1 Å². The van der Waals surface area contributed by atoms with Gasteiger partial charge in [0.15, 0.2) is 5.16 Å². The summed E-state index contributed by atoms with van der Waals surface area (Å²) in [5, 5.41) is 9.82. The Kier molecular flexibility index (Phi) is 5.01. The molecule has 2 heterocycles. The molecule has 5 nitrogen and oxygen atoms in total. The van der Waals surface area contributed by atoms with Gasteiger partial charge in [-0.25, -0.2) is 4.98 Å². The topological polar surface area (TPSA) is 56.7 Å². The van der Waals surface area contributed by atoms with Crippen molar-refractivity contribution in [1.82, 2.24) is 19.7 Å². The fourth-order valence-electron chi connectivity index (χ4n) is 2.72. The molecule has 0 aliphatic carbocycles. The van der Waals surface area contributed by atoms with Gasteiger partial charge in [0.05, 0.1) is 11.4 Å². The van der Waals surface area contributed by atoms with Crippen LogP contribution < -0.4 is 0 Å². The number of rotatable bonds is 5. The highest BCUT2D eigenvalue weighted by atomic mass is 35.5. The summed E-state index contributed by atoms with van der Waals surface area (Å²) in [6.07, 6.45) is 3.77. The largest absolute Gasteiger partial charge is 0.420 e. The lowest BCUT2D eigenvalue weighted by molar-refractivity contribution is 0.528. The third kappa shape index (κ3) is 3.77. The van der Waals surface area contributed by atoms with Gasteiger partial charge in [-0.05, 0) is 55.3 Å². The van der Waals surface area contributed by atoms with E-state index in [4.69, 9.17) is 16.0 Å². The number of benzene rings is 2. The van der Waals surface area contributed by atoms with E-state index in [-0.39, 0.29) is 0 Å². The van der Waals surface area contributed by atoms with Gasteiger partial charge in [0.25, 0.3) is 0 Å². The SMILES string of the molecule is Cc1cccc(-n2ccnc2SCc2nnc(-c3ccc(Cl)cc3)o2)c1C. The van der Waals surface area contributed by atoms with Crippen molar-refractivity contribution in [3.05, 3.63) is 76.9 Å². The number of nitrogens with zero attached hydrogens (tertiary/aromatic N) is 4. The van der Waals surface area contributed by atoms with E-state index in [9.17, 15) is 0 Å². The molecule has 4 aromatic rings. The molecule has 0 aliphatic heterocycles. The first kappa shape index (κ1) is 17.8. The molecule has 27 heavy (non-hydrogen) atoms. The molecule has 0 N–H and O–H groups in total. The number of imidazole rings is 1. The highest BCUT2D eigenvalue weighted by Gasteiger charge is 2.13. The minimum atomic E-state index is 0.486. The maximum Gasteiger partial charge on any atom is 0.247 e. The Labute approximate surface area is 166 Å². The van der Waals surface area contributed by atoms with Gasteiger partial charge in [0, 0.05) is 23.0 Å². The maximum atomic E-state index is 5.92. The minimum absolute atomic E-state index is 0.486. The molecular formula is C20H17ClN4OS. The van der Waals surface area contributed by atoms with E-state index >= 15 is 0 Å². The van der Waals surface area contributed by atoms with Crippen LogP contribution in [0, 0.1) is 13.8 Å². The molecule has 0 aliphatic rings. The van der Waals surface area contributed by atoms with Crippen LogP contribution in [0.5, 0.6) is 0 Å². The van der Waals surface area contributed by atoms with Gasteiger partial charge in [0.2, 0.25) is 11.8 Å². The van der Waals surface area contributed by atoms with Crippen LogP contribution in [0.4, 0.5) is 0 Å². The number of thioether (sulfide) groups is 1. The van der Waals surface area contributed by atoms with Crippen molar-refractivity contribution < 1.29 is 4.42 Å². The van der Waals surface area contributed by atoms with Crippen LogP contribution in [0.3, 0.4) is 0 Å². The summed E-state index contributed by atoms with van der Waals surface area (Å²) in [6.45, 7) is 4.23. The molecule has 7 heteroatoms. The fraction of sp³-hybridized carbons (Fsp3) is 0.150. The van der Waals surface area contributed by atoms with Crippen LogP contribution in [0.25, 0.3) is 17.1 Å². The Hall–Kier alpha value is -2.57. The van der Waals surface area contributed by atoms with Crippen LogP contribution in [-0.4, -0.2) is 19.7 Å². The third-order valence-corrected chi connectivity index (χ3v) is 5.53. The average molecular weight is 397 g/mol. The Morgan fingerprint density at radius 3 is 2.70 bits per heavy atom. The molecule has 0 spiro atoms. The summed E-state index contributed by atoms with van der Waals surface area (Å²) in [5.74, 6) is 1.59. The number of halogens is 1. The second-order valence-electron chi connectivity index (χ2n) is 6.10. The molecule has 0 fully saturated rings. The van der Waals surface area contributed by atoms with Crippen molar-refractivity contribution >= 4 is 23.4 Å². The number of aryl methyl sites for hydroxylation is 1. The van der Waals surface area contributed by atoms with Crippen molar-refractivity contribution in [2.24, 2.45) is 0 Å². The molecule has 0 bridgehead atoms. The van der Waals surface area contributed by atoms with Crippen molar-refractivity contribution in [1.29, 1.82) is 0 Å². The van der Waals surface area contributed by atoms with E-state index in [1.807, 2.05) is 18.3 Å². The summed E-state index contributed by atoms with van der Waals surface area (Å²) in [6, 6.07) is 13.6. The second-order valence-corrected chi connectivity index (χ2v) is 7.47. The molecule has 0 saturated heterocycles. The normalized spacial score (nSPS) is 11.1. The van der Waals surface area contributed by atoms with Gasteiger partial charge in [-0.15, -0.1) is 10.2 Å². The maximum absolute atomic E-state index is 5.92. The Bertz CT molecular complexity index is 1070. The average Bonchev–Trinajstić information content (AvgIpc) is 3.32. The predicted octanol–water partition coefficient (Wildman–Crippen LogP) is 5.48. The van der Waals surface area contributed by atoms with Gasteiger partial charge in [-0.3, -0.25) is 4.57 Å². The first-order valence-corrected chi connectivity index (χ1v) is 9.79. The third-order valence-electron chi connectivity index (χ3n) is 4.33. The monoisotopic (exact) mass is 396 g/mol. The Morgan fingerprint density at radius 2 is 1.89 bits per heavy atom. The standard InChI is InChI=1S/C20H17ClN4OS/c1-13-4-3-5-17(14(13)2)25-11-10-22-20(25)27-12-18-23-24-19(26-18)15-6-8-16(21)9-7-15/h3-11H,12H2,1-2H3. The summed E-state index contributed by atoms with van der Waals surface area (Å²) in [5.41, 5.74) is 4.46. The summed E-state index contributed by atoms with van der Waals surface area (Å²) < 4.78 is 7.86. The van der Waals surface area contributed by atoms with Gasteiger partial charge in [0.1, 0.15) is 0 Å². The zero-order valence-electron chi connectivity index (χ0n) is 14.9. The zero-order chi connectivity index (χ0) is 18.8. The zero-order valence-corrected chi connectivity index (χ0v) is 16.5. The number of hydrogen-bond donors (Lipinski definition) is 0. The van der Waals surface area contributed by atoms with Crippen molar-refractivity contribution in [2.75, 3.05) is 0 Å². The molecule has 4 rings (SSSR count). The van der Waals surface area contributed by atoms with Crippen LogP contribution in [0.15, 0.2) is 64.4 Å². The van der Waals surface area contributed by atoms with E-state index in [1.165, 1.54) is 11.1 Å². The van der Waals surface area contributed by atoms with E-state index in [2.05, 4.69) is 51.8 Å². The first-order valence-electron chi connectivity index (χ1n) is 8.43. The van der Waals surface area contributed by atoms with E-state index in [0.717, 1.165) is 16.4 Å². The van der Waals surface area contributed by atoms with Crippen LogP contribution in [0.2, 0.25) is 5.02 Å². The highest BCUT2D eigenvalue weighted by Crippen LogP contribution is 2.27. The summed E-state index contributed by atoms with van der Waals surface area (Å²) >= 11 is 7.48. The van der Waals surface area contributed by atoms with Gasteiger partial charge in [-0.2, -0.15) is 0 Å². The van der Waals surface area contributed by atoms with Crippen LogP contribution in [-0.2, 0) is 5.75 Å². The van der Waals surface area contributed by atoms with Gasteiger partial charge < -0.3 is 4.42 Å². The van der Waals surface area contributed by atoms with Crippen molar-refractivity contribution in [3.8, 4) is 17.1 Å². The fourth-order valence-corrected chi connectivity index (χ4v) is 3.65. The Morgan fingerprint density at radius 1 is 1.07 bits per heavy atom. The molecule has 2 aromatic carbocycles. The van der Waals surface area contributed by atoms with Crippen molar-refractivity contribution in [3.63, 3.8) is 0 Å². The molecule has 0 atom stereocenters. The number of aromatic nitrogens is 4. The smallest absolute Gasteiger partial charge is 0.247 e. The lowest BCUT2D eigenvalue weighted by Gasteiger charge is -2.11. The highest BCUT2D eigenvalue weighted by molar-refractivity contribution is 7.98. The van der Waals surface area contributed by atoms with Crippen LogP contribution >= 0.6 is 23.4 Å². The molecule has 0 unspecified atom stereocenters. The number of hydrogen-bond acceptors (Lipinski definition) is 5. The predicted molar refractivity (Wildman–Crippen MR) is 107 cm³/mol. The summed E-state index contributed by atoms with van der Waals surface area (Å²) in [4.78, 5) is 4.47. The molecule has 2 aromatic heterocycles. The molecule has 136 valence electrons. The van der Waals surface area contributed by atoms with Gasteiger partial charge >= 0.3 is 0 Å². The molecular weight excluding hydrogens is 380 g/mol. The van der Waals surface area contributed by atoms with E-state index in [0.29, 0.717) is 22.6 Å². The van der Waals surface area contributed by atoms with Gasteiger partial charge in [-0.1, -0.05) is 35.5 Å². The van der Waals surface area contributed by atoms with E-state index < -0.39 is 0 Å².